The maximum atomic E-state index is 12.9. The summed E-state index contributed by atoms with van der Waals surface area (Å²) in [5.41, 5.74) is 0.402. The number of carbonyl (C=O) groups excluding carboxylic acids is 1. The molecule has 0 radical (unpaired) electrons. The lowest BCUT2D eigenvalue weighted by molar-refractivity contribution is -0.137. The number of alkyl halides is 3. The highest BCUT2D eigenvalue weighted by Gasteiger charge is 2.32. The van der Waals surface area contributed by atoms with Gasteiger partial charge in [0.2, 0.25) is 0 Å². The minimum absolute atomic E-state index is 0.0785. The molecule has 0 unspecified atom stereocenters. The van der Waals surface area contributed by atoms with Crippen LogP contribution in [0.15, 0.2) is 30.3 Å². The van der Waals surface area contributed by atoms with Gasteiger partial charge in [-0.3, -0.25) is 9.48 Å². The molecular formula is C19H21F3N4O. The van der Waals surface area contributed by atoms with Crippen LogP contribution in [0.3, 0.4) is 0 Å². The number of anilines is 1. The van der Waals surface area contributed by atoms with Gasteiger partial charge < -0.3 is 9.80 Å². The SMILES string of the molecule is Cn1nc(C2CC2)cc1N1CCN(C(=O)c2cccc(C(F)(F)F)c2)CC1. The van der Waals surface area contributed by atoms with E-state index in [1.165, 1.54) is 25.0 Å². The number of rotatable bonds is 3. The van der Waals surface area contributed by atoms with Gasteiger partial charge >= 0.3 is 6.18 Å². The minimum Gasteiger partial charge on any atom is -0.353 e. The third-order valence-corrected chi connectivity index (χ3v) is 5.20. The molecule has 1 aromatic heterocycles. The molecule has 1 amide bonds. The number of hydrogen-bond acceptors (Lipinski definition) is 3. The number of aryl methyl sites for hydroxylation is 1. The van der Waals surface area contributed by atoms with Crippen LogP contribution in [-0.2, 0) is 13.2 Å². The van der Waals surface area contributed by atoms with Gasteiger partial charge in [0.15, 0.2) is 0 Å². The number of hydrogen-bond donors (Lipinski definition) is 0. The predicted octanol–water partition coefficient (Wildman–Crippen LogP) is 3.28. The quantitative estimate of drug-likeness (QED) is 0.823. The molecule has 2 heterocycles. The molecule has 0 bridgehead atoms. The molecule has 2 fully saturated rings. The first-order chi connectivity index (χ1) is 12.8. The number of aromatic nitrogens is 2. The van der Waals surface area contributed by atoms with E-state index in [1.54, 1.807) is 4.90 Å². The van der Waals surface area contributed by atoms with Crippen LogP contribution in [0.2, 0.25) is 0 Å². The lowest BCUT2D eigenvalue weighted by Crippen LogP contribution is -2.49. The van der Waals surface area contributed by atoms with Crippen LogP contribution >= 0.6 is 0 Å². The Labute approximate surface area is 155 Å². The molecule has 8 heteroatoms. The summed E-state index contributed by atoms with van der Waals surface area (Å²) >= 11 is 0. The van der Waals surface area contributed by atoms with Crippen molar-refractivity contribution >= 4 is 11.7 Å². The van der Waals surface area contributed by atoms with Gasteiger partial charge in [-0.2, -0.15) is 18.3 Å². The average molecular weight is 378 g/mol. The molecule has 5 nitrogen and oxygen atoms in total. The van der Waals surface area contributed by atoms with Crippen LogP contribution in [0.4, 0.5) is 19.0 Å². The fraction of sp³-hybridized carbons (Fsp3) is 0.474. The highest BCUT2D eigenvalue weighted by atomic mass is 19.4. The minimum atomic E-state index is -4.45. The summed E-state index contributed by atoms with van der Waals surface area (Å²) in [6.45, 7) is 2.21. The molecule has 144 valence electrons. The van der Waals surface area contributed by atoms with Crippen LogP contribution in [0, 0.1) is 0 Å². The first-order valence-electron chi connectivity index (χ1n) is 9.08. The molecule has 2 aliphatic rings. The first kappa shape index (κ1) is 17.9. The third kappa shape index (κ3) is 3.65. The van der Waals surface area contributed by atoms with E-state index in [0.717, 1.165) is 23.6 Å². The van der Waals surface area contributed by atoms with E-state index in [1.807, 2.05) is 11.7 Å². The van der Waals surface area contributed by atoms with Gasteiger partial charge in [-0.05, 0) is 31.0 Å². The molecule has 27 heavy (non-hydrogen) atoms. The summed E-state index contributed by atoms with van der Waals surface area (Å²) in [5.74, 6) is 1.25. The Kier molecular flexibility index (Phi) is 4.36. The van der Waals surface area contributed by atoms with E-state index in [2.05, 4.69) is 16.1 Å². The fourth-order valence-corrected chi connectivity index (χ4v) is 3.50. The third-order valence-electron chi connectivity index (χ3n) is 5.20. The highest BCUT2D eigenvalue weighted by molar-refractivity contribution is 5.94. The molecule has 0 atom stereocenters. The fourth-order valence-electron chi connectivity index (χ4n) is 3.50. The number of nitrogens with zero attached hydrogens (tertiary/aromatic N) is 4. The number of benzene rings is 1. The van der Waals surface area contributed by atoms with E-state index < -0.39 is 11.7 Å². The van der Waals surface area contributed by atoms with Gasteiger partial charge in [0.25, 0.3) is 5.91 Å². The molecule has 4 rings (SSSR count). The number of halogens is 3. The van der Waals surface area contributed by atoms with Crippen molar-refractivity contribution in [2.75, 3.05) is 31.1 Å². The largest absolute Gasteiger partial charge is 0.416 e. The van der Waals surface area contributed by atoms with Crippen LogP contribution < -0.4 is 4.90 Å². The summed E-state index contributed by atoms with van der Waals surface area (Å²) in [4.78, 5) is 16.4. The van der Waals surface area contributed by atoms with Crippen molar-refractivity contribution in [1.29, 1.82) is 0 Å². The summed E-state index contributed by atoms with van der Waals surface area (Å²) in [7, 11) is 1.92. The summed E-state index contributed by atoms with van der Waals surface area (Å²) < 4.78 is 40.5. The zero-order valence-corrected chi connectivity index (χ0v) is 15.0. The van der Waals surface area contributed by atoms with Gasteiger partial charge in [0, 0.05) is 50.8 Å². The van der Waals surface area contributed by atoms with E-state index in [0.29, 0.717) is 32.1 Å². The lowest BCUT2D eigenvalue weighted by atomic mass is 10.1. The molecule has 0 spiro atoms. The van der Waals surface area contributed by atoms with E-state index in [-0.39, 0.29) is 11.5 Å². The van der Waals surface area contributed by atoms with E-state index in [4.69, 9.17) is 0 Å². The van der Waals surface area contributed by atoms with Crippen molar-refractivity contribution in [1.82, 2.24) is 14.7 Å². The first-order valence-corrected chi connectivity index (χ1v) is 9.08. The summed E-state index contributed by atoms with van der Waals surface area (Å²) in [6.07, 6.45) is -2.07. The van der Waals surface area contributed by atoms with Crippen molar-refractivity contribution in [2.45, 2.75) is 24.9 Å². The summed E-state index contributed by atoms with van der Waals surface area (Å²) in [5, 5.41) is 4.57. The van der Waals surface area contributed by atoms with Crippen molar-refractivity contribution < 1.29 is 18.0 Å². The van der Waals surface area contributed by atoms with Crippen molar-refractivity contribution in [2.24, 2.45) is 7.05 Å². The number of carbonyl (C=O) groups is 1. The topological polar surface area (TPSA) is 41.4 Å². The molecule has 1 aliphatic heterocycles. The number of amides is 1. The highest BCUT2D eigenvalue weighted by Crippen LogP contribution is 2.40. The maximum absolute atomic E-state index is 12.9. The molecule has 1 saturated heterocycles. The van der Waals surface area contributed by atoms with E-state index >= 15 is 0 Å². The van der Waals surface area contributed by atoms with Crippen LogP contribution in [-0.4, -0.2) is 46.8 Å². The van der Waals surface area contributed by atoms with Gasteiger partial charge in [0.05, 0.1) is 11.3 Å². The lowest BCUT2D eigenvalue weighted by Gasteiger charge is -2.35. The molecule has 1 aliphatic carbocycles. The van der Waals surface area contributed by atoms with Crippen molar-refractivity contribution in [3.63, 3.8) is 0 Å². The maximum Gasteiger partial charge on any atom is 0.416 e. The molecule has 2 aromatic rings. The Balaban J connectivity index is 1.42. The smallest absolute Gasteiger partial charge is 0.353 e. The molecule has 1 aromatic carbocycles. The summed E-state index contributed by atoms with van der Waals surface area (Å²) in [6, 6.07) is 6.74. The molecule has 1 saturated carbocycles. The second-order valence-corrected chi connectivity index (χ2v) is 7.18. The standard InChI is InChI=1S/C19H21F3N4O/c1-24-17(12-16(23-24)13-5-6-13)25-7-9-26(10-8-25)18(27)14-3-2-4-15(11-14)19(20,21)22/h2-4,11-13H,5-10H2,1H3. The zero-order chi connectivity index (χ0) is 19.2. The van der Waals surface area contributed by atoms with Gasteiger partial charge in [-0.1, -0.05) is 6.07 Å². The van der Waals surface area contributed by atoms with Crippen molar-refractivity contribution in [3.05, 3.63) is 47.2 Å². The Morgan fingerprint density at radius 1 is 1.11 bits per heavy atom. The van der Waals surface area contributed by atoms with Gasteiger partial charge in [-0.25, -0.2) is 0 Å². The Bertz CT molecular complexity index is 849. The second-order valence-electron chi connectivity index (χ2n) is 7.18. The predicted molar refractivity (Wildman–Crippen MR) is 94.7 cm³/mol. The van der Waals surface area contributed by atoms with Crippen LogP contribution in [0.5, 0.6) is 0 Å². The monoisotopic (exact) mass is 378 g/mol. The van der Waals surface area contributed by atoms with Crippen molar-refractivity contribution in [3.8, 4) is 0 Å². The van der Waals surface area contributed by atoms with Crippen LogP contribution in [0.1, 0.15) is 40.4 Å². The second kappa shape index (κ2) is 6.58. The molecule has 0 N–H and O–H groups in total. The van der Waals surface area contributed by atoms with Gasteiger partial charge in [-0.15, -0.1) is 0 Å². The Morgan fingerprint density at radius 2 is 1.81 bits per heavy atom. The molecular weight excluding hydrogens is 357 g/mol. The zero-order valence-electron chi connectivity index (χ0n) is 15.0. The Morgan fingerprint density at radius 3 is 2.44 bits per heavy atom. The van der Waals surface area contributed by atoms with E-state index in [9.17, 15) is 18.0 Å². The van der Waals surface area contributed by atoms with Crippen LogP contribution in [0.25, 0.3) is 0 Å². The number of piperazine rings is 1. The normalized spacial score (nSPS) is 18.1. The van der Waals surface area contributed by atoms with Gasteiger partial charge in [0.1, 0.15) is 5.82 Å². The average Bonchev–Trinajstić information content (AvgIpc) is 3.43. The Hall–Kier alpha value is -2.51.